The Morgan fingerprint density at radius 3 is 1.85 bits per heavy atom. The first-order valence-corrected chi connectivity index (χ1v) is 9.19. The number of benzene rings is 3. The molecule has 0 saturated heterocycles. The first-order chi connectivity index (χ1) is 12.4. The topological polar surface area (TPSA) is 17.1 Å². The van der Waals surface area contributed by atoms with Crippen LogP contribution in [0.25, 0.3) is 0 Å². The van der Waals surface area contributed by atoms with Crippen LogP contribution in [0.1, 0.15) is 53.7 Å². The Balaban J connectivity index is 1.91. The number of ketones is 1. The monoisotopic (exact) mass is 342 g/mol. The van der Waals surface area contributed by atoms with Crippen LogP contribution in [0.2, 0.25) is 0 Å². The lowest BCUT2D eigenvalue weighted by molar-refractivity contribution is 0.0959. The lowest BCUT2D eigenvalue weighted by Crippen LogP contribution is -2.16. The smallest absolute Gasteiger partial charge is 0.170 e. The lowest BCUT2D eigenvalue weighted by atomic mass is 9.83. The SMILES string of the molecule is CC(C)(C)c1ccc(CC(C(=O)c2ccccc2)c2ccccc2)cc1. The number of hydrogen-bond donors (Lipinski definition) is 0. The van der Waals surface area contributed by atoms with Crippen molar-refractivity contribution in [2.24, 2.45) is 0 Å². The predicted molar refractivity (Wildman–Crippen MR) is 109 cm³/mol. The van der Waals surface area contributed by atoms with E-state index in [1.807, 2.05) is 48.5 Å². The average molecular weight is 342 g/mol. The number of hydrogen-bond acceptors (Lipinski definition) is 1. The molecule has 0 spiro atoms. The van der Waals surface area contributed by atoms with Crippen LogP contribution in [0.4, 0.5) is 0 Å². The third-order valence-corrected chi connectivity index (χ3v) is 4.84. The fourth-order valence-electron chi connectivity index (χ4n) is 3.23. The second-order valence-corrected chi connectivity index (χ2v) is 7.84. The summed E-state index contributed by atoms with van der Waals surface area (Å²) in [7, 11) is 0. The largest absolute Gasteiger partial charge is 0.293 e. The van der Waals surface area contributed by atoms with Crippen LogP contribution in [0.3, 0.4) is 0 Å². The summed E-state index contributed by atoms with van der Waals surface area (Å²) in [4.78, 5) is 13.2. The molecule has 0 bridgehead atoms. The third kappa shape index (κ3) is 4.29. The second kappa shape index (κ2) is 7.70. The van der Waals surface area contributed by atoms with Crippen LogP contribution in [-0.4, -0.2) is 5.78 Å². The van der Waals surface area contributed by atoms with Crippen LogP contribution in [0, 0.1) is 0 Å². The Morgan fingerprint density at radius 2 is 1.31 bits per heavy atom. The average Bonchev–Trinajstić information content (AvgIpc) is 2.66. The van der Waals surface area contributed by atoms with E-state index in [0.717, 1.165) is 11.1 Å². The molecule has 1 heteroatoms. The van der Waals surface area contributed by atoms with E-state index in [4.69, 9.17) is 0 Å². The summed E-state index contributed by atoms with van der Waals surface area (Å²) in [5.74, 6) is 0.00999. The van der Waals surface area contributed by atoms with Crippen molar-refractivity contribution in [1.82, 2.24) is 0 Å². The lowest BCUT2D eigenvalue weighted by Gasteiger charge is -2.20. The third-order valence-electron chi connectivity index (χ3n) is 4.84. The van der Waals surface area contributed by atoms with E-state index in [-0.39, 0.29) is 17.1 Å². The van der Waals surface area contributed by atoms with Crippen LogP contribution in [0.5, 0.6) is 0 Å². The highest BCUT2D eigenvalue weighted by molar-refractivity contribution is 6.01. The molecular formula is C25H26O. The van der Waals surface area contributed by atoms with Gasteiger partial charge in [-0.15, -0.1) is 0 Å². The fraction of sp³-hybridized carbons (Fsp3) is 0.240. The summed E-state index contributed by atoms with van der Waals surface area (Å²) in [6.07, 6.45) is 0.710. The summed E-state index contributed by atoms with van der Waals surface area (Å²) in [5.41, 5.74) is 4.48. The van der Waals surface area contributed by atoms with Crippen molar-refractivity contribution >= 4 is 5.78 Å². The molecule has 0 fully saturated rings. The van der Waals surface area contributed by atoms with Crippen LogP contribution in [-0.2, 0) is 11.8 Å². The predicted octanol–water partition coefficient (Wildman–Crippen LogP) is 6.19. The van der Waals surface area contributed by atoms with Gasteiger partial charge in [0.1, 0.15) is 0 Å². The highest BCUT2D eigenvalue weighted by atomic mass is 16.1. The molecule has 3 aromatic carbocycles. The molecular weight excluding hydrogens is 316 g/mol. The quantitative estimate of drug-likeness (QED) is 0.505. The van der Waals surface area contributed by atoms with Crippen molar-refractivity contribution in [3.63, 3.8) is 0 Å². The summed E-state index contributed by atoms with van der Waals surface area (Å²) in [6, 6.07) is 28.4. The number of carbonyl (C=O) groups is 1. The molecule has 0 aliphatic heterocycles. The van der Waals surface area contributed by atoms with Crippen molar-refractivity contribution in [3.8, 4) is 0 Å². The molecule has 132 valence electrons. The zero-order chi connectivity index (χ0) is 18.6. The van der Waals surface area contributed by atoms with Crippen LogP contribution >= 0.6 is 0 Å². The van der Waals surface area contributed by atoms with Gasteiger partial charge in [0.25, 0.3) is 0 Å². The van der Waals surface area contributed by atoms with Gasteiger partial charge >= 0.3 is 0 Å². The first kappa shape index (κ1) is 18.1. The van der Waals surface area contributed by atoms with Gasteiger partial charge in [-0.25, -0.2) is 0 Å². The summed E-state index contributed by atoms with van der Waals surface area (Å²) >= 11 is 0. The minimum Gasteiger partial charge on any atom is -0.293 e. The molecule has 3 rings (SSSR count). The normalized spacial score (nSPS) is 12.6. The standard InChI is InChI=1S/C25H26O/c1-25(2,3)22-16-14-19(15-17-22)18-23(20-10-6-4-7-11-20)24(26)21-12-8-5-9-13-21/h4-17,23H,18H2,1-3H3. The zero-order valence-electron chi connectivity index (χ0n) is 15.8. The number of rotatable bonds is 5. The molecule has 1 nitrogen and oxygen atoms in total. The van der Waals surface area contributed by atoms with E-state index in [2.05, 4.69) is 57.2 Å². The van der Waals surface area contributed by atoms with E-state index < -0.39 is 0 Å². The van der Waals surface area contributed by atoms with Crippen molar-refractivity contribution in [1.29, 1.82) is 0 Å². The van der Waals surface area contributed by atoms with Crippen molar-refractivity contribution < 1.29 is 4.79 Å². The molecule has 26 heavy (non-hydrogen) atoms. The maximum atomic E-state index is 13.2. The Bertz CT molecular complexity index is 840. The Labute approximate surface area is 156 Å². The van der Waals surface area contributed by atoms with Gasteiger partial charge in [-0.1, -0.05) is 106 Å². The molecule has 1 unspecified atom stereocenters. The van der Waals surface area contributed by atoms with Gasteiger partial charge in [-0.3, -0.25) is 4.79 Å². The van der Waals surface area contributed by atoms with E-state index in [0.29, 0.717) is 6.42 Å². The summed E-state index contributed by atoms with van der Waals surface area (Å²) in [6.45, 7) is 6.65. The molecule has 0 amide bonds. The molecule has 0 aliphatic rings. The summed E-state index contributed by atoms with van der Waals surface area (Å²) < 4.78 is 0. The maximum Gasteiger partial charge on any atom is 0.170 e. The van der Waals surface area contributed by atoms with Gasteiger partial charge in [-0.2, -0.15) is 0 Å². The van der Waals surface area contributed by atoms with E-state index in [1.54, 1.807) is 0 Å². The molecule has 0 aliphatic carbocycles. The van der Waals surface area contributed by atoms with E-state index >= 15 is 0 Å². The van der Waals surface area contributed by atoms with Crippen molar-refractivity contribution in [2.75, 3.05) is 0 Å². The van der Waals surface area contributed by atoms with Gasteiger partial charge in [0.2, 0.25) is 0 Å². The molecule has 0 radical (unpaired) electrons. The molecule has 0 N–H and O–H groups in total. The number of carbonyl (C=O) groups excluding carboxylic acids is 1. The fourth-order valence-corrected chi connectivity index (χ4v) is 3.23. The minimum atomic E-state index is -0.168. The summed E-state index contributed by atoms with van der Waals surface area (Å²) in [5, 5.41) is 0. The van der Waals surface area contributed by atoms with Gasteiger partial charge in [0.05, 0.1) is 5.92 Å². The number of Topliss-reactive ketones (excluding diaryl/α,β-unsaturated/α-hetero) is 1. The van der Waals surface area contributed by atoms with Crippen molar-refractivity contribution in [2.45, 2.75) is 38.5 Å². The zero-order valence-corrected chi connectivity index (χ0v) is 15.8. The maximum absolute atomic E-state index is 13.2. The minimum absolute atomic E-state index is 0.136. The molecule has 3 aromatic rings. The van der Waals surface area contributed by atoms with Gasteiger partial charge < -0.3 is 0 Å². The molecule has 0 heterocycles. The first-order valence-electron chi connectivity index (χ1n) is 9.19. The highest BCUT2D eigenvalue weighted by Gasteiger charge is 2.22. The highest BCUT2D eigenvalue weighted by Crippen LogP contribution is 2.27. The van der Waals surface area contributed by atoms with Gasteiger partial charge in [0, 0.05) is 5.56 Å². The van der Waals surface area contributed by atoms with Crippen molar-refractivity contribution in [3.05, 3.63) is 107 Å². The van der Waals surface area contributed by atoms with E-state index in [1.165, 1.54) is 11.1 Å². The molecule has 0 saturated carbocycles. The van der Waals surface area contributed by atoms with E-state index in [9.17, 15) is 4.79 Å². The van der Waals surface area contributed by atoms with Gasteiger partial charge in [-0.05, 0) is 28.5 Å². The second-order valence-electron chi connectivity index (χ2n) is 7.84. The Hall–Kier alpha value is -2.67. The molecule has 1 atom stereocenters. The van der Waals surface area contributed by atoms with Gasteiger partial charge in [0.15, 0.2) is 5.78 Å². The van der Waals surface area contributed by atoms with Crippen LogP contribution < -0.4 is 0 Å². The Morgan fingerprint density at radius 1 is 0.769 bits per heavy atom. The Kier molecular flexibility index (Phi) is 5.37. The molecule has 0 aromatic heterocycles. The van der Waals surface area contributed by atoms with Crippen LogP contribution in [0.15, 0.2) is 84.9 Å².